The van der Waals surface area contributed by atoms with Crippen molar-refractivity contribution in [3.05, 3.63) is 98.6 Å². The predicted octanol–water partition coefficient (Wildman–Crippen LogP) is 5.41. The molecule has 0 atom stereocenters. The van der Waals surface area contributed by atoms with Gasteiger partial charge in [-0.1, -0.05) is 35.9 Å². The van der Waals surface area contributed by atoms with E-state index in [9.17, 15) is 25.0 Å². The Morgan fingerprint density at radius 1 is 1.11 bits per heavy atom. The van der Waals surface area contributed by atoms with Gasteiger partial charge in [0.15, 0.2) is 11.5 Å². The van der Waals surface area contributed by atoms with Crippen LogP contribution in [-0.4, -0.2) is 23.4 Å². The van der Waals surface area contributed by atoms with E-state index in [1.165, 1.54) is 30.3 Å². The van der Waals surface area contributed by atoms with E-state index in [-0.39, 0.29) is 40.1 Å². The zero-order valence-electron chi connectivity index (χ0n) is 18.4. The van der Waals surface area contributed by atoms with Crippen molar-refractivity contribution in [2.24, 2.45) is 0 Å². The minimum atomic E-state index is -0.776. The van der Waals surface area contributed by atoms with Gasteiger partial charge in [0.25, 0.3) is 11.6 Å². The number of nitrogens with one attached hydrogen (secondary N) is 1. The summed E-state index contributed by atoms with van der Waals surface area (Å²) in [5.74, 6) is -0.920. The first-order chi connectivity index (χ1) is 16.8. The molecule has 3 aromatic rings. The van der Waals surface area contributed by atoms with Crippen molar-refractivity contribution in [1.82, 2.24) is 0 Å². The first-order valence-corrected chi connectivity index (χ1v) is 10.6. The number of amides is 1. The Hall–Kier alpha value is -4.68. The maximum atomic E-state index is 12.6. The highest BCUT2D eigenvalue weighted by Crippen LogP contribution is 2.31. The molecule has 0 aliphatic rings. The number of carbonyl (C=O) groups excluding carboxylic acids is 2. The molecule has 0 saturated carbocycles. The van der Waals surface area contributed by atoms with Gasteiger partial charge in [0.2, 0.25) is 0 Å². The Morgan fingerprint density at radius 3 is 2.51 bits per heavy atom. The van der Waals surface area contributed by atoms with Gasteiger partial charge in [-0.3, -0.25) is 14.9 Å². The third kappa shape index (κ3) is 6.43. The molecule has 9 nitrogen and oxygen atoms in total. The number of hydrogen-bond donors (Lipinski definition) is 1. The molecule has 0 fully saturated rings. The number of nitriles is 1. The summed E-state index contributed by atoms with van der Waals surface area (Å²) in [7, 11) is 0. The molecule has 0 aliphatic heterocycles. The fourth-order valence-electron chi connectivity index (χ4n) is 2.94. The number of carbonyl (C=O) groups is 2. The van der Waals surface area contributed by atoms with Gasteiger partial charge in [0, 0.05) is 11.8 Å². The lowest BCUT2D eigenvalue weighted by Crippen LogP contribution is -2.13. The molecule has 1 N–H and O–H groups in total. The second kappa shape index (κ2) is 11.4. The van der Waals surface area contributed by atoms with Crippen LogP contribution >= 0.6 is 11.6 Å². The molecule has 0 spiro atoms. The molecule has 0 saturated heterocycles. The van der Waals surface area contributed by atoms with Gasteiger partial charge in [-0.2, -0.15) is 5.26 Å². The highest BCUT2D eigenvalue weighted by atomic mass is 35.5. The number of halogens is 1. The molecule has 3 rings (SSSR count). The Bertz CT molecular complexity index is 1350. The zero-order valence-corrected chi connectivity index (χ0v) is 19.1. The largest absolute Gasteiger partial charge is 0.490 e. The molecular weight excluding hydrogens is 474 g/mol. The quantitative estimate of drug-likeness (QED) is 0.111. The molecule has 176 valence electrons. The first-order valence-electron chi connectivity index (χ1n) is 10.2. The normalized spacial score (nSPS) is 10.7. The van der Waals surface area contributed by atoms with Gasteiger partial charge in [0.1, 0.15) is 16.7 Å². The minimum absolute atomic E-state index is 0.0828. The van der Waals surface area contributed by atoms with E-state index >= 15 is 0 Å². The summed E-state index contributed by atoms with van der Waals surface area (Å²) in [5.41, 5.74) is 0.255. The third-order valence-electron chi connectivity index (χ3n) is 4.56. The Kier molecular flexibility index (Phi) is 8.16. The molecule has 1 amide bonds. The highest BCUT2D eigenvalue weighted by Gasteiger charge is 2.17. The molecule has 0 unspecified atom stereocenters. The van der Waals surface area contributed by atoms with Crippen molar-refractivity contribution in [3.8, 4) is 17.6 Å². The highest BCUT2D eigenvalue weighted by molar-refractivity contribution is 6.32. The van der Waals surface area contributed by atoms with Crippen molar-refractivity contribution < 1.29 is 24.0 Å². The molecule has 0 heterocycles. The van der Waals surface area contributed by atoms with Crippen LogP contribution in [-0.2, 0) is 4.79 Å². The van der Waals surface area contributed by atoms with Crippen LogP contribution in [0, 0.1) is 21.4 Å². The lowest BCUT2D eigenvalue weighted by molar-refractivity contribution is -0.384. The van der Waals surface area contributed by atoms with Crippen molar-refractivity contribution in [2.75, 3.05) is 11.9 Å². The van der Waals surface area contributed by atoms with Gasteiger partial charge in [-0.05, 0) is 55.0 Å². The Morgan fingerprint density at radius 2 is 1.86 bits per heavy atom. The molecule has 35 heavy (non-hydrogen) atoms. The van der Waals surface area contributed by atoms with Crippen LogP contribution in [0.4, 0.5) is 11.4 Å². The standard InChI is InChI=1S/C25H18ClN3O6/c1-2-34-23-13-16(8-11-22(23)35-25(31)17-6-4-3-5-7-17)12-18(15-27)24(30)28-19-9-10-20(26)21(14-19)29(32)33/h3-14H,2H2,1H3,(H,28,30)/b18-12+. The van der Waals surface area contributed by atoms with Crippen molar-refractivity contribution in [3.63, 3.8) is 0 Å². The number of ether oxygens (including phenoxy) is 2. The van der Waals surface area contributed by atoms with E-state index in [2.05, 4.69) is 5.32 Å². The summed E-state index contributed by atoms with van der Waals surface area (Å²) in [5, 5.41) is 22.9. The monoisotopic (exact) mass is 491 g/mol. The lowest BCUT2D eigenvalue weighted by atomic mass is 10.1. The van der Waals surface area contributed by atoms with Gasteiger partial charge in [-0.15, -0.1) is 0 Å². The molecule has 0 bridgehead atoms. The maximum absolute atomic E-state index is 12.6. The smallest absolute Gasteiger partial charge is 0.343 e. The van der Waals surface area contributed by atoms with Crippen LogP contribution in [0.3, 0.4) is 0 Å². The van der Waals surface area contributed by atoms with Crippen molar-refractivity contribution >= 4 is 40.9 Å². The molecule has 0 aromatic heterocycles. The SMILES string of the molecule is CCOc1cc(/C=C(\C#N)C(=O)Nc2ccc(Cl)c([N+](=O)[O-])c2)ccc1OC(=O)c1ccccc1. The van der Waals surface area contributed by atoms with Crippen molar-refractivity contribution in [1.29, 1.82) is 5.26 Å². The molecule has 10 heteroatoms. The van der Waals surface area contributed by atoms with Crippen LogP contribution in [0.2, 0.25) is 5.02 Å². The summed E-state index contributed by atoms with van der Waals surface area (Å²) in [6.07, 6.45) is 1.31. The van der Waals surface area contributed by atoms with E-state index in [1.807, 2.05) is 0 Å². The Balaban J connectivity index is 1.83. The average Bonchev–Trinajstić information content (AvgIpc) is 2.85. The second-order valence-corrected chi connectivity index (χ2v) is 7.35. The van der Waals surface area contributed by atoms with Gasteiger partial charge in [0.05, 0.1) is 17.1 Å². The molecule has 0 radical (unpaired) electrons. The van der Waals surface area contributed by atoms with Gasteiger partial charge < -0.3 is 14.8 Å². The number of anilines is 1. The van der Waals surface area contributed by atoms with E-state index in [0.717, 1.165) is 6.07 Å². The minimum Gasteiger partial charge on any atom is -0.490 e. The summed E-state index contributed by atoms with van der Waals surface area (Å²) in [6.45, 7) is 2.04. The summed E-state index contributed by atoms with van der Waals surface area (Å²) < 4.78 is 11.0. The van der Waals surface area contributed by atoms with Crippen LogP contribution in [0.15, 0.2) is 72.3 Å². The number of nitro benzene ring substituents is 1. The second-order valence-electron chi connectivity index (χ2n) is 6.94. The fourth-order valence-corrected chi connectivity index (χ4v) is 3.13. The van der Waals surface area contributed by atoms with Gasteiger partial charge >= 0.3 is 5.97 Å². The number of hydrogen-bond acceptors (Lipinski definition) is 7. The van der Waals surface area contributed by atoms with E-state index < -0.39 is 16.8 Å². The maximum Gasteiger partial charge on any atom is 0.343 e. The topological polar surface area (TPSA) is 132 Å². The molecular formula is C25H18ClN3O6. The summed E-state index contributed by atoms with van der Waals surface area (Å²) >= 11 is 5.78. The van der Waals surface area contributed by atoms with Crippen LogP contribution in [0.5, 0.6) is 11.5 Å². The van der Waals surface area contributed by atoms with E-state index in [1.54, 1.807) is 49.4 Å². The summed E-state index contributed by atoms with van der Waals surface area (Å²) in [6, 6.07) is 18.6. The Labute approximate surface area is 205 Å². The average molecular weight is 492 g/mol. The number of esters is 1. The zero-order chi connectivity index (χ0) is 25.4. The van der Waals surface area contributed by atoms with E-state index in [4.69, 9.17) is 21.1 Å². The number of rotatable bonds is 8. The number of nitro groups is 1. The third-order valence-corrected chi connectivity index (χ3v) is 4.88. The lowest BCUT2D eigenvalue weighted by Gasteiger charge is -2.12. The van der Waals surface area contributed by atoms with Crippen LogP contribution in [0.1, 0.15) is 22.8 Å². The molecule has 3 aromatic carbocycles. The molecule has 0 aliphatic carbocycles. The van der Waals surface area contributed by atoms with Gasteiger partial charge in [-0.25, -0.2) is 4.79 Å². The predicted molar refractivity (Wildman–Crippen MR) is 129 cm³/mol. The summed E-state index contributed by atoms with van der Waals surface area (Å²) in [4.78, 5) is 35.4. The van der Waals surface area contributed by atoms with E-state index in [0.29, 0.717) is 11.1 Å². The van der Waals surface area contributed by atoms with Crippen LogP contribution < -0.4 is 14.8 Å². The first kappa shape index (κ1) is 25.0. The van der Waals surface area contributed by atoms with Crippen molar-refractivity contribution in [2.45, 2.75) is 6.92 Å². The fraction of sp³-hybridized carbons (Fsp3) is 0.0800. The number of nitrogens with zero attached hydrogens (tertiary/aromatic N) is 2. The number of benzene rings is 3. The van der Waals surface area contributed by atoms with Crippen LogP contribution in [0.25, 0.3) is 6.08 Å².